The fourth-order valence-corrected chi connectivity index (χ4v) is 1.23. The zero-order valence-electron chi connectivity index (χ0n) is 9.12. The molecular formula is C10H22N2O2. The van der Waals surface area contributed by atoms with Crippen LogP contribution in [-0.2, 0) is 4.79 Å². The van der Waals surface area contributed by atoms with Crippen molar-refractivity contribution in [1.29, 1.82) is 0 Å². The van der Waals surface area contributed by atoms with Gasteiger partial charge in [0, 0.05) is 18.5 Å². The maximum absolute atomic E-state index is 11.3. The molecule has 0 radical (unpaired) electrons. The van der Waals surface area contributed by atoms with Crippen molar-refractivity contribution in [2.45, 2.75) is 39.2 Å². The van der Waals surface area contributed by atoms with Crippen LogP contribution in [0.1, 0.15) is 33.1 Å². The molecule has 0 saturated carbocycles. The highest BCUT2D eigenvalue weighted by molar-refractivity contribution is 5.78. The third-order valence-electron chi connectivity index (χ3n) is 2.16. The van der Waals surface area contributed by atoms with E-state index in [9.17, 15) is 4.79 Å². The lowest BCUT2D eigenvalue weighted by Gasteiger charge is -2.12. The number of hydrogen-bond acceptors (Lipinski definition) is 3. The summed E-state index contributed by atoms with van der Waals surface area (Å²) in [6.07, 6.45) is 2.79. The molecule has 1 amide bonds. The molecule has 0 aliphatic rings. The second kappa shape index (κ2) is 7.76. The van der Waals surface area contributed by atoms with Crippen LogP contribution in [0.4, 0.5) is 0 Å². The molecule has 0 aromatic rings. The van der Waals surface area contributed by atoms with E-state index in [0.717, 1.165) is 19.3 Å². The molecule has 84 valence electrons. The molecule has 2 unspecified atom stereocenters. The summed E-state index contributed by atoms with van der Waals surface area (Å²) in [5, 5.41) is 11.2. The predicted molar refractivity (Wildman–Crippen MR) is 56.8 cm³/mol. The Labute approximate surface area is 85.9 Å². The van der Waals surface area contributed by atoms with Crippen molar-refractivity contribution in [1.82, 2.24) is 5.32 Å². The van der Waals surface area contributed by atoms with Gasteiger partial charge in [0.2, 0.25) is 5.91 Å². The van der Waals surface area contributed by atoms with Gasteiger partial charge in [-0.25, -0.2) is 0 Å². The highest BCUT2D eigenvalue weighted by Gasteiger charge is 2.11. The summed E-state index contributed by atoms with van der Waals surface area (Å²) in [5.74, 6) is 0.0315. The van der Waals surface area contributed by atoms with E-state index in [4.69, 9.17) is 10.8 Å². The molecule has 0 aliphatic carbocycles. The number of nitrogens with one attached hydrogen (secondary N) is 1. The summed E-state index contributed by atoms with van der Waals surface area (Å²) in [4.78, 5) is 11.3. The van der Waals surface area contributed by atoms with Gasteiger partial charge in [-0.15, -0.1) is 0 Å². The summed E-state index contributed by atoms with van der Waals surface area (Å²) >= 11 is 0. The Morgan fingerprint density at radius 2 is 2.07 bits per heavy atom. The monoisotopic (exact) mass is 202 g/mol. The Hall–Kier alpha value is -0.610. The minimum atomic E-state index is -0.00169. The molecular weight excluding hydrogens is 180 g/mol. The number of aliphatic hydroxyl groups is 1. The van der Waals surface area contributed by atoms with Crippen LogP contribution >= 0.6 is 0 Å². The van der Waals surface area contributed by atoms with Crippen molar-refractivity contribution in [2.24, 2.45) is 11.7 Å². The second-order valence-electron chi connectivity index (χ2n) is 3.82. The van der Waals surface area contributed by atoms with Crippen molar-refractivity contribution < 1.29 is 9.90 Å². The van der Waals surface area contributed by atoms with Gasteiger partial charge < -0.3 is 16.2 Å². The first-order valence-electron chi connectivity index (χ1n) is 5.22. The number of nitrogens with two attached hydrogens (primary N) is 1. The first-order chi connectivity index (χ1) is 6.57. The lowest BCUT2D eigenvalue weighted by molar-refractivity contribution is -0.124. The van der Waals surface area contributed by atoms with Crippen LogP contribution in [0.25, 0.3) is 0 Å². The van der Waals surface area contributed by atoms with E-state index in [-0.39, 0.29) is 24.5 Å². The average Bonchev–Trinajstić information content (AvgIpc) is 2.13. The topological polar surface area (TPSA) is 75.4 Å². The summed E-state index contributed by atoms with van der Waals surface area (Å²) in [6, 6.07) is 0.211. The highest BCUT2D eigenvalue weighted by Crippen LogP contribution is 2.08. The van der Waals surface area contributed by atoms with Gasteiger partial charge in [-0.1, -0.05) is 13.3 Å². The molecule has 0 fully saturated rings. The van der Waals surface area contributed by atoms with E-state index in [1.807, 2.05) is 13.8 Å². The Morgan fingerprint density at radius 1 is 1.43 bits per heavy atom. The maximum Gasteiger partial charge on any atom is 0.222 e. The third kappa shape index (κ3) is 6.86. The van der Waals surface area contributed by atoms with E-state index >= 15 is 0 Å². The lowest BCUT2D eigenvalue weighted by Crippen LogP contribution is -2.31. The van der Waals surface area contributed by atoms with Crippen molar-refractivity contribution in [2.75, 3.05) is 13.2 Å². The smallest absolute Gasteiger partial charge is 0.222 e. The number of carbonyl (C=O) groups is 1. The zero-order chi connectivity index (χ0) is 11.0. The normalized spacial score (nSPS) is 14.9. The molecule has 0 bridgehead atoms. The van der Waals surface area contributed by atoms with Crippen molar-refractivity contribution in [3.63, 3.8) is 0 Å². The summed E-state index contributed by atoms with van der Waals surface area (Å²) in [7, 11) is 0. The van der Waals surface area contributed by atoms with Gasteiger partial charge in [-0.3, -0.25) is 4.79 Å². The standard InChI is InChI=1S/C10H22N2O2/c1-8(4-3-5-9(2)11)10(14)12-6-7-13/h8-9,13H,3-7,11H2,1-2H3,(H,12,14). The SMILES string of the molecule is CC(N)CCCC(C)C(=O)NCCO. The predicted octanol–water partition coefficient (Wildman–Crippen LogP) is 0.249. The van der Waals surface area contributed by atoms with E-state index in [0.29, 0.717) is 6.54 Å². The number of aliphatic hydroxyl groups excluding tert-OH is 1. The molecule has 0 saturated heterocycles. The molecule has 0 heterocycles. The molecule has 4 heteroatoms. The van der Waals surface area contributed by atoms with Gasteiger partial charge in [0.25, 0.3) is 0 Å². The number of carbonyl (C=O) groups excluding carboxylic acids is 1. The first-order valence-corrected chi connectivity index (χ1v) is 5.22. The Balaban J connectivity index is 3.51. The molecule has 0 rings (SSSR count). The maximum atomic E-state index is 11.3. The van der Waals surface area contributed by atoms with Crippen LogP contribution in [0.2, 0.25) is 0 Å². The van der Waals surface area contributed by atoms with E-state index in [1.165, 1.54) is 0 Å². The van der Waals surface area contributed by atoms with Crippen LogP contribution in [0.15, 0.2) is 0 Å². The van der Waals surface area contributed by atoms with E-state index in [1.54, 1.807) is 0 Å². The number of amides is 1. The van der Waals surface area contributed by atoms with Gasteiger partial charge in [0.15, 0.2) is 0 Å². The quantitative estimate of drug-likeness (QED) is 0.554. The average molecular weight is 202 g/mol. The molecule has 4 N–H and O–H groups in total. The molecule has 0 spiro atoms. The van der Waals surface area contributed by atoms with Crippen LogP contribution in [0, 0.1) is 5.92 Å². The lowest BCUT2D eigenvalue weighted by atomic mass is 10.0. The molecule has 0 aromatic carbocycles. The Kier molecular flexibility index (Phi) is 7.42. The molecule has 2 atom stereocenters. The third-order valence-corrected chi connectivity index (χ3v) is 2.16. The van der Waals surface area contributed by atoms with Crippen molar-refractivity contribution in [3.8, 4) is 0 Å². The van der Waals surface area contributed by atoms with Gasteiger partial charge in [0.1, 0.15) is 0 Å². The summed E-state index contributed by atoms with van der Waals surface area (Å²) in [6.45, 7) is 4.21. The molecule has 0 aliphatic heterocycles. The number of hydrogen-bond donors (Lipinski definition) is 3. The summed E-state index contributed by atoms with van der Waals surface area (Å²) in [5.41, 5.74) is 5.60. The minimum Gasteiger partial charge on any atom is -0.395 e. The van der Waals surface area contributed by atoms with Crippen molar-refractivity contribution >= 4 is 5.91 Å². The molecule has 0 aromatic heterocycles. The number of rotatable bonds is 7. The highest BCUT2D eigenvalue weighted by atomic mass is 16.3. The van der Waals surface area contributed by atoms with Crippen LogP contribution in [-0.4, -0.2) is 30.2 Å². The van der Waals surface area contributed by atoms with E-state index in [2.05, 4.69) is 5.32 Å². The van der Waals surface area contributed by atoms with Gasteiger partial charge in [-0.05, 0) is 19.8 Å². The van der Waals surface area contributed by atoms with E-state index < -0.39 is 0 Å². The fourth-order valence-electron chi connectivity index (χ4n) is 1.23. The Morgan fingerprint density at radius 3 is 2.57 bits per heavy atom. The first kappa shape index (κ1) is 13.4. The minimum absolute atomic E-state index is 0.00169. The van der Waals surface area contributed by atoms with Crippen LogP contribution in [0.5, 0.6) is 0 Å². The second-order valence-corrected chi connectivity index (χ2v) is 3.82. The van der Waals surface area contributed by atoms with Gasteiger partial charge >= 0.3 is 0 Å². The Bertz CT molecular complexity index is 160. The van der Waals surface area contributed by atoms with Crippen molar-refractivity contribution in [3.05, 3.63) is 0 Å². The zero-order valence-corrected chi connectivity index (χ0v) is 9.12. The molecule has 14 heavy (non-hydrogen) atoms. The van der Waals surface area contributed by atoms with Gasteiger partial charge in [0.05, 0.1) is 6.61 Å². The van der Waals surface area contributed by atoms with Gasteiger partial charge in [-0.2, -0.15) is 0 Å². The largest absolute Gasteiger partial charge is 0.395 e. The van der Waals surface area contributed by atoms with Crippen LogP contribution < -0.4 is 11.1 Å². The summed E-state index contributed by atoms with van der Waals surface area (Å²) < 4.78 is 0. The fraction of sp³-hybridized carbons (Fsp3) is 0.900. The molecule has 4 nitrogen and oxygen atoms in total. The van der Waals surface area contributed by atoms with Crippen LogP contribution in [0.3, 0.4) is 0 Å².